The number of ether oxygens (including phenoxy) is 1. The van der Waals surface area contributed by atoms with Crippen LogP contribution in [0, 0.1) is 0 Å². The van der Waals surface area contributed by atoms with Crippen molar-refractivity contribution in [3.05, 3.63) is 30.2 Å². The lowest BCUT2D eigenvalue weighted by Crippen LogP contribution is -2.34. The van der Waals surface area contributed by atoms with Gasteiger partial charge in [-0.3, -0.25) is 0 Å². The van der Waals surface area contributed by atoms with Crippen LogP contribution in [0.3, 0.4) is 0 Å². The van der Waals surface area contributed by atoms with E-state index in [-0.39, 0.29) is 0 Å². The van der Waals surface area contributed by atoms with E-state index in [0.717, 1.165) is 18.8 Å². The van der Waals surface area contributed by atoms with Gasteiger partial charge >= 0.3 is 0 Å². The third kappa shape index (κ3) is 3.82. The molecular weight excluding hydrogens is 272 g/mol. The minimum Gasteiger partial charge on any atom is -0.490 e. The molecule has 2 aromatic rings. The van der Waals surface area contributed by atoms with Crippen molar-refractivity contribution in [2.45, 2.75) is 72.3 Å². The first-order chi connectivity index (χ1) is 10.5. The fourth-order valence-corrected chi connectivity index (χ4v) is 2.81. The third-order valence-corrected chi connectivity index (χ3v) is 4.13. The summed E-state index contributed by atoms with van der Waals surface area (Å²) < 4.78 is 10.6. The van der Waals surface area contributed by atoms with Crippen molar-refractivity contribution in [3.63, 3.8) is 0 Å². The SMILES string of the molecule is CCCCCCOc1ccc2n(c1)c(C(C)C)c[n+]2C(C)C. The van der Waals surface area contributed by atoms with Crippen LogP contribution in [0.2, 0.25) is 0 Å². The number of nitrogens with zero attached hydrogens (tertiary/aromatic N) is 2. The highest BCUT2D eigenvalue weighted by Crippen LogP contribution is 2.20. The molecule has 0 radical (unpaired) electrons. The Morgan fingerprint density at radius 3 is 2.50 bits per heavy atom. The van der Waals surface area contributed by atoms with Gasteiger partial charge in [0.2, 0.25) is 0 Å². The van der Waals surface area contributed by atoms with Crippen molar-refractivity contribution >= 4 is 5.65 Å². The molecule has 0 aromatic carbocycles. The molecule has 0 saturated carbocycles. The lowest BCUT2D eigenvalue weighted by Gasteiger charge is -2.06. The van der Waals surface area contributed by atoms with Gasteiger partial charge in [0.25, 0.3) is 5.65 Å². The molecule has 0 atom stereocenters. The van der Waals surface area contributed by atoms with Crippen molar-refractivity contribution in [1.29, 1.82) is 0 Å². The van der Waals surface area contributed by atoms with Crippen molar-refractivity contribution in [3.8, 4) is 5.75 Å². The topological polar surface area (TPSA) is 17.5 Å². The molecule has 0 aliphatic rings. The van der Waals surface area contributed by atoms with E-state index in [0.29, 0.717) is 12.0 Å². The molecule has 2 heterocycles. The Bertz CT molecular complexity index is 599. The first-order valence-electron chi connectivity index (χ1n) is 8.73. The van der Waals surface area contributed by atoms with Crippen molar-refractivity contribution < 1.29 is 9.30 Å². The summed E-state index contributed by atoms with van der Waals surface area (Å²) in [6.45, 7) is 12.0. The van der Waals surface area contributed by atoms with E-state index in [9.17, 15) is 0 Å². The summed E-state index contributed by atoms with van der Waals surface area (Å²) in [6, 6.07) is 4.73. The minimum absolute atomic E-state index is 0.461. The van der Waals surface area contributed by atoms with Gasteiger partial charge in [-0.1, -0.05) is 40.0 Å². The average Bonchev–Trinajstić information content (AvgIpc) is 2.86. The van der Waals surface area contributed by atoms with Crippen molar-refractivity contribution in [1.82, 2.24) is 4.40 Å². The zero-order chi connectivity index (χ0) is 16.1. The van der Waals surface area contributed by atoms with Gasteiger partial charge in [0.15, 0.2) is 11.4 Å². The van der Waals surface area contributed by atoms with E-state index < -0.39 is 0 Å². The van der Waals surface area contributed by atoms with Gasteiger partial charge in [0, 0.05) is 12.0 Å². The minimum atomic E-state index is 0.461. The lowest BCUT2D eigenvalue weighted by atomic mass is 10.1. The molecule has 22 heavy (non-hydrogen) atoms. The summed E-state index contributed by atoms with van der Waals surface area (Å²) in [7, 11) is 0. The number of imidazole rings is 1. The van der Waals surface area contributed by atoms with Gasteiger partial charge in [-0.25, -0.2) is 4.57 Å². The number of aromatic nitrogens is 2. The molecule has 0 saturated heterocycles. The highest BCUT2D eigenvalue weighted by Gasteiger charge is 2.21. The van der Waals surface area contributed by atoms with E-state index in [1.54, 1.807) is 0 Å². The van der Waals surface area contributed by atoms with Crippen LogP contribution >= 0.6 is 0 Å². The van der Waals surface area contributed by atoms with Crippen LogP contribution in [0.4, 0.5) is 0 Å². The van der Waals surface area contributed by atoms with E-state index in [2.05, 4.69) is 68.1 Å². The molecule has 2 rings (SSSR count). The number of unbranched alkanes of at least 4 members (excludes halogenated alkanes) is 3. The molecule has 0 bridgehead atoms. The Morgan fingerprint density at radius 1 is 1.09 bits per heavy atom. The Hall–Kier alpha value is -1.51. The smallest absolute Gasteiger partial charge is 0.286 e. The van der Waals surface area contributed by atoms with Gasteiger partial charge in [0.1, 0.15) is 12.4 Å². The van der Waals surface area contributed by atoms with Crippen LogP contribution in [0.5, 0.6) is 5.75 Å². The first-order valence-corrected chi connectivity index (χ1v) is 8.73. The molecule has 122 valence electrons. The van der Waals surface area contributed by atoms with Crippen LogP contribution in [0.1, 0.15) is 78.0 Å². The molecule has 2 aromatic heterocycles. The highest BCUT2D eigenvalue weighted by atomic mass is 16.5. The predicted molar refractivity (Wildman–Crippen MR) is 91.7 cm³/mol. The van der Waals surface area contributed by atoms with Crippen LogP contribution in [0.15, 0.2) is 24.5 Å². The maximum atomic E-state index is 5.94. The second-order valence-electron chi connectivity index (χ2n) is 6.71. The largest absolute Gasteiger partial charge is 0.490 e. The third-order valence-electron chi connectivity index (χ3n) is 4.13. The molecule has 3 heteroatoms. The van der Waals surface area contributed by atoms with Crippen LogP contribution < -0.4 is 9.30 Å². The summed E-state index contributed by atoms with van der Waals surface area (Å²) in [4.78, 5) is 0. The number of hydrogen-bond donors (Lipinski definition) is 0. The zero-order valence-electron chi connectivity index (χ0n) is 14.8. The molecule has 0 aliphatic carbocycles. The Balaban J connectivity index is 2.19. The van der Waals surface area contributed by atoms with Gasteiger partial charge < -0.3 is 4.74 Å². The standard InChI is InChI=1S/C19H31N2O/c1-6-7-8-9-12-22-17-10-11-19-20(16(4)5)14-18(15(2)3)21(19)13-17/h10-11,13-16H,6-9,12H2,1-5H3/q+1. The maximum absolute atomic E-state index is 5.94. The normalized spacial score (nSPS) is 11.8. The number of rotatable bonds is 8. The Morgan fingerprint density at radius 2 is 1.86 bits per heavy atom. The van der Waals surface area contributed by atoms with Gasteiger partial charge in [0.05, 0.1) is 12.6 Å². The van der Waals surface area contributed by atoms with E-state index >= 15 is 0 Å². The van der Waals surface area contributed by atoms with Gasteiger partial charge in [-0.15, -0.1) is 0 Å². The fourth-order valence-electron chi connectivity index (χ4n) is 2.81. The van der Waals surface area contributed by atoms with E-state index in [4.69, 9.17) is 4.74 Å². The summed E-state index contributed by atoms with van der Waals surface area (Å²) in [6.07, 6.45) is 9.38. The fraction of sp³-hybridized carbons (Fsp3) is 0.632. The van der Waals surface area contributed by atoms with Crippen molar-refractivity contribution in [2.75, 3.05) is 6.61 Å². The first kappa shape index (κ1) is 16.9. The molecule has 0 fully saturated rings. The van der Waals surface area contributed by atoms with Gasteiger partial charge in [-0.2, -0.15) is 4.40 Å². The Kier molecular flexibility index (Phi) is 5.87. The predicted octanol–water partition coefficient (Wildman–Crippen LogP) is 4.89. The second kappa shape index (κ2) is 7.66. The Labute approximate surface area is 134 Å². The summed E-state index contributed by atoms with van der Waals surface area (Å²) >= 11 is 0. The monoisotopic (exact) mass is 303 g/mol. The number of fused-ring (bicyclic) bond motifs is 1. The molecule has 0 spiro atoms. The van der Waals surface area contributed by atoms with Crippen LogP contribution in [0.25, 0.3) is 5.65 Å². The average molecular weight is 303 g/mol. The van der Waals surface area contributed by atoms with E-state index in [1.807, 2.05) is 0 Å². The summed E-state index contributed by atoms with van der Waals surface area (Å²) in [5.41, 5.74) is 2.57. The molecule has 0 N–H and O–H groups in total. The van der Waals surface area contributed by atoms with Crippen LogP contribution in [-0.4, -0.2) is 11.0 Å². The van der Waals surface area contributed by atoms with Gasteiger partial charge in [-0.05, 0) is 26.3 Å². The lowest BCUT2D eigenvalue weighted by molar-refractivity contribution is -0.691. The highest BCUT2D eigenvalue weighted by molar-refractivity contribution is 5.39. The maximum Gasteiger partial charge on any atom is 0.286 e. The number of hydrogen-bond acceptors (Lipinski definition) is 1. The molecule has 0 aliphatic heterocycles. The van der Waals surface area contributed by atoms with Crippen molar-refractivity contribution in [2.24, 2.45) is 0 Å². The summed E-state index contributed by atoms with van der Waals surface area (Å²) in [5, 5.41) is 0. The quantitative estimate of drug-likeness (QED) is 0.501. The molecule has 3 nitrogen and oxygen atoms in total. The molecule has 0 amide bonds. The molecular formula is C19H31N2O+. The summed E-state index contributed by atoms with van der Waals surface area (Å²) in [5.74, 6) is 1.46. The van der Waals surface area contributed by atoms with Crippen LogP contribution in [-0.2, 0) is 0 Å². The zero-order valence-corrected chi connectivity index (χ0v) is 14.8. The number of pyridine rings is 1. The molecule has 0 unspecified atom stereocenters. The van der Waals surface area contributed by atoms with E-state index in [1.165, 1.54) is 30.6 Å². The second-order valence-corrected chi connectivity index (χ2v) is 6.71.